The Kier molecular flexibility index (Phi) is 4.45. The van der Waals surface area contributed by atoms with Gasteiger partial charge < -0.3 is 10.1 Å². The van der Waals surface area contributed by atoms with Crippen molar-refractivity contribution in [2.45, 2.75) is 18.9 Å². The van der Waals surface area contributed by atoms with Gasteiger partial charge >= 0.3 is 0 Å². The Morgan fingerprint density at radius 2 is 2.24 bits per heavy atom. The van der Waals surface area contributed by atoms with Crippen molar-refractivity contribution in [2.24, 2.45) is 0 Å². The predicted octanol–water partition coefficient (Wildman–Crippen LogP) is 2.67. The minimum absolute atomic E-state index is 0.150. The molecule has 1 rings (SSSR count). The van der Waals surface area contributed by atoms with Gasteiger partial charge in [-0.1, -0.05) is 0 Å². The molecule has 0 aliphatic rings. The maximum atomic E-state index is 10.9. The lowest BCUT2D eigenvalue weighted by Crippen LogP contribution is -2.08. The maximum Gasteiger partial charge on any atom is 0.296 e. The molecule has 0 spiro atoms. The molecule has 0 aliphatic heterocycles. The van der Waals surface area contributed by atoms with Crippen LogP contribution in [0.15, 0.2) is 18.2 Å². The van der Waals surface area contributed by atoms with Crippen molar-refractivity contribution in [1.82, 2.24) is 0 Å². The van der Waals surface area contributed by atoms with E-state index in [0.717, 1.165) is 0 Å². The average molecular weight is 303 g/mol. The number of carbonyl (C=O) groups excluding carboxylic acids is 1. The molecule has 0 heterocycles. The number of benzene rings is 1. The summed E-state index contributed by atoms with van der Waals surface area (Å²) in [6.07, 6.45) is 0. The van der Waals surface area contributed by atoms with E-state index in [2.05, 4.69) is 21.2 Å². The summed E-state index contributed by atoms with van der Waals surface area (Å²) in [7, 11) is 0. The Hall–Kier alpha value is -1.63. The first kappa shape index (κ1) is 13.4. The van der Waals surface area contributed by atoms with Crippen LogP contribution in [0.3, 0.4) is 0 Å². The molecular formula is C10H11BrN2O4. The number of nitro benzene ring substituents is 1. The lowest BCUT2D eigenvalue weighted by Gasteiger charge is -2.09. The number of rotatable bonds is 4. The van der Waals surface area contributed by atoms with E-state index in [0.29, 0.717) is 5.75 Å². The van der Waals surface area contributed by atoms with Crippen LogP contribution in [-0.4, -0.2) is 15.8 Å². The lowest BCUT2D eigenvalue weighted by molar-refractivity contribution is -0.384. The molecule has 0 bridgehead atoms. The van der Waals surface area contributed by atoms with Crippen molar-refractivity contribution >= 4 is 33.2 Å². The van der Waals surface area contributed by atoms with Crippen LogP contribution in [0.4, 0.5) is 11.4 Å². The second-order valence-corrected chi connectivity index (χ2v) is 4.57. The van der Waals surface area contributed by atoms with Crippen molar-refractivity contribution in [3.8, 4) is 5.75 Å². The largest absolute Gasteiger partial charge is 0.479 e. The number of alkyl halides is 1. The molecule has 1 unspecified atom stereocenters. The van der Waals surface area contributed by atoms with E-state index < -0.39 is 4.92 Å². The van der Waals surface area contributed by atoms with Crippen LogP contribution in [0.5, 0.6) is 5.75 Å². The molecule has 0 aliphatic carbocycles. The summed E-state index contributed by atoms with van der Waals surface area (Å²) in [5, 5.41) is 13.0. The van der Waals surface area contributed by atoms with Gasteiger partial charge in [0.25, 0.3) is 5.69 Å². The number of ether oxygens (including phenoxy) is 1. The zero-order chi connectivity index (χ0) is 13.0. The minimum Gasteiger partial charge on any atom is -0.479 e. The van der Waals surface area contributed by atoms with Crippen LogP contribution in [0.2, 0.25) is 0 Å². The highest BCUT2D eigenvalue weighted by Crippen LogP contribution is 2.29. The fourth-order valence-electron chi connectivity index (χ4n) is 1.22. The second kappa shape index (κ2) is 5.62. The first-order valence-electron chi connectivity index (χ1n) is 4.77. The Balaban J connectivity index is 3.08. The monoisotopic (exact) mass is 302 g/mol. The molecule has 0 saturated heterocycles. The molecular weight excluding hydrogens is 292 g/mol. The van der Waals surface area contributed by atoms with Crippen molar-refractivity contribution in [1.29, 1.82) is 0 Å². The smallest absolute Gasteiger partial charge is 0.296 e. The third-order valence-corrected chi connectivity index (χ3v) is 1.96. The summed E-state index contributed by atoms with van der Waals surface area (Å²) in [5.41, 5.74) is -0.0528. The molecule has 6 nitrogen and oxygen atoms in total. The number of hydrogen-bond donors (Lipinski definition) is 1. The third kappa shape index (κ3) is 4.03. The number of nitrogens with zero attached hydrogens (tertiary/aromatic N) is 1. The zero-order valence-corrected chi connectivity index (χ0v) is 10.9. The summed E-state index contributed by atoms with van der Waals surface area (Å²) in [4.78, 5) is 21.1. The summed E-state index contributed by atoms with van der Waals surface area (Å²) in [6, 6.07) is 4.25. The van der Waals surface area contributed by atoms with Crippen LogP contribution in [0.1, 0.15) is 13.8 Å². The number of anilines is 1. The summed E-state index contributed by atoms with van der Waals surface area (Å²) < 4.78 is 5.26. The SMILES string of the molecule is CC(=O)Nc1ccc(OC(C)Br)cc1[N+](=O)[O-]. The van der Waals surface area contributed by atoms with Crippen LogP contribution in [0, 0.1) is 10.1 Å². The van der Waals surface area contributed by atoms with Crippen LogP contribution < -0.4 is 10.1 Å². The molecule has 1 aromatic rings. The van der Waals surface area contributed by atoms with Gasteiger partial charge in [0.1, 0.15) is 11.4 Å². The molecule has 17 heavy (non-hydrogen) atoms. The average Bonchev–Trinajstić information content (AvgIpc) is 2.18. The normalized spacial score (nSPS) is 11.7. The van der Waals surface area contributed by atoms with Gasteiger partial charge in [-0.15, -0.1) is 0 Å². The molecule has 0 radical (unpaired) electrons. The number of nitro groups is 1. The van der Waals surface area contributed by atoms with E-state index in [1.54, 1.807) is 13.0 Å². The quantitative estimate of drug-likeness (QED) is 0.526. The molecule has 0 aromatic heterocycles. The van der Waals surface area contributed by atoms with E-state index in [4.69, 9.17) is 4.74 Å². The first-order valence-corrected chi connectivity index (χ1v) is 5.68. The van der Waals surface area contributed by atoms with Crippen molar-refractivity contribution in [3.63, 3.8) is 0 Å². The van der Waals surface area contributed by atoms with E-state index >= 15 is 0 Å². The fourth-order valence-corrected chi connectivity index (χ4v) is 1.43. The Labute approximate surface area is 106 Å². The van der Waals surface area contributed by atoms with E-state index in [1.807, 2.05) is 0 Å². The Morgan fingerprint density at radius 1 is 1.59 bits per heavy atom. The molecule has 92 valence electrons. The van der Waals surface area contributed by atoms with Crippen molar-refractivity contribution < 1.29 is 14.5 Å². The van der Waals surface area contributed by atoms with Crippen molar-refractivity contribution in [2.75, 3.05) is 5.32 Å². The number of nitrogens with one attached hydrogen (secondary N) is 1. The highest BCUT2D eigenvalue weighted by Gasteiger charge is 2.16. The fraction of sp³-hybridized carbons (Fsp3) is 0.300. The van der Waals surface area contributed by atoms with Crippen molar-refractivity contribution in [3.05, 3.63) is 28.3 Å². The minimum atomic E-state index is -0.572. The van der Waals surface area contributed by atoms with Gasteiger partial charge in [-0.25, -0.2) is 0 Å². The third-order valence-electron chi connectivity index (χ3n) is 1.78. The Morgan fingerprint density at radius 3 is 2.71 bits per heavy atom. The van der Waals surface area contributed by atoms with Crippen LogP contribution >= 0.6 is 15.9 Å². The molecule has 0 saturated carbocycles. The molecule has 1 aromatic carbocycles. The molecule has 1 amide bonds. The van der Waals surface area contributed by atoms with Gasteiger partial charge in [-0.3, -0.25) is 14.9 Å². The second-order valence-electron chi connectivity index (χ2n) is 3.28. The molecule has 1 atom stereocenters. The van der Waals surface area contributed by atoms with E-state index in [-0.39, 0.29) is 22.3 Å². The highest BCUT2D eigenvalue weighted by molar-refractivity contribution is 9.09. The van der Waals surface area contributed by atoms with Crippen LogP contribution in [0.25, 0.3) is 0 Å². The number of hydrogen-bond acceptors (Lipinski definition) is 4. The summed E-state index contributed by atoms with van der Waals surface area (Å²) >= 11 is 3.17. The van der Waals surface area contributed by atoms with E-state index in [1.165, 1.54) is 19.1 Å². The Bertz CT molecular complexity index is 448. The number of amides is 1. The first-order chi connectivity index (χ1) is 7.90. The standard InChI is InChI=1S/C10H11BrN2O4/c1-6(11)17-8-3-4-9(12-7(2)14)10(5-8)13(15)16/h3-6H,1-2H3,(H,12,14). The lowest BCUT2D eigenvalue weighted by atomic mass is 10.2. The summed E-state index contributed by atoms with van der Waals surface area (Å²) in [5.74, 6) is -0.00851. The topological polar surface area (TPSA) is 81.5 Å². The number of halogens is 1. The highest BCUT2D eigenvalue weighted by atomic mass is 79.9. The number of carbonyl (C=O) groups is 1. The zero-order valence-electron chi connectivity index (χ0n) is 9.27. The van der Waals surface area contributed by atoms with Gasteiger partial charge in [0.15, 0.2) is 5.01 Å². The van der Waals surface area contributed by atoms with Gasteiger partial charge in [-0.2, -0.15) is 0 Å². The van der Waals surface area contributed by atoms with Gasteiger partial charge in [0.05, 0.1) is 11.0 Å². The van der Waals surface area contributed by atoms with Gasteiger partial charge in [0, 0.05) is 6.92 Å². The van der Waals surface area contributed by atoms with E-state index in [9.17, 15) is 14.9 Å². The van der Waals surface area contributed by atoms with Gasteiger partial charge in [0.2, 0.25) is 5.91 Å². The molecule has 1 N–H and O–H groups in total. The molecule has 0 fully saturated rings. The van der Waals surface area contributed by atoms with Gasteiger partial charge in [-0.05, 0) is 35.0 Å². The summed E-state index contributed by atoms with van der Waals surface area (Å²) in [6.45, 7) is 3.03. The molecule has 7 heteroatoms. The maximum absolute atomic E-state index is 10.9. The van der Waals surface area contributed by atoms with Crippen LogP contribution in [-0.2, 0) is 4.79 Å². The predicted molar refractivity (Wildman–Crippen MR) is 66.4 cm³/mol.